The van der Waals surface area contributed by atoms with E-state index in [9.17, 15) is 0 Å². The van der Waals surface area contributed by atoms with Crippen molar-refractivity contribution in [3.05, 3.63) is 12.3 Å². The normalized spacial score (nSPS) is 13.0. The van der Waals surface area contributed by atoms with E-state index in [0.29, 0.717) is 5.92 Å². The zero-order chi connectivity index (χ0) is 11.1. The molecule has 1 atom stereocenters. The average Bonchev–Trinajstić information content (AvgIpc) is 2.13. The highest BCUT2D eigenvalue weighted by molar-refractivity contribution is 4.97. The average molecular weight is 197 g/mol. The lowest BCUT2D eigenvalue weighted by molar-refractivity contribution is 0.334. The molecule has 84 valence electrons. The van der Waals surface area contributed by atoms with Crippen molar-refractivity contribution in [2.24, 2.45) is 11.8 Å². The van der Waals surface area contributed by atoms with E-state index in [-0.39, 0.29) is 0 Å². The predicted molar refractivity (Wildman–Crippen MR) is 65.3 cm³/mol. The fourth-order valence-corrected chi connectivity index (χ4v) is 1.57. The van der Waals surface area contributed by atoms with Crippen molar-refractivity contribution in [2.45, 2.75) is 47.0 Å². The van der Waals surface area contributed by atoms with Crippen LogP contribution < -0.4 is 0 Å². The summed E-state index contributed by atoms with van der Waals surface area (Å²) >= 11 is 0. The lowest BCUT2D eigenvalue weighted by atomic mass is 10.0. The smallest absolute Gasteiger partial charge is 0.0174 e. The van der Waals surface area contributed by atoms with Crippen LogP contribution in [-0.2, 0) is 0 Å². The second kappa shape index (κ2) is 6.92. The van der Waals surface area contributed by atoms with Crippen LogP contribution in [-0.4, -0.2) is 18.5 Å². The van der Waals surface area contributed by atoms with Gasteiger partial charge in [-0.2, -0.15) is 0 Å². The minimum Gasteiger partial charge on any atom is -0.378 e. The standard InChI is InChI=1S/C13H27N/c1-7-8-12(4)13(5)14(6)10-9-11(2)3/h11-12H,5,7-10H2,1-4,6H3. The maximum atomic E-state index is 4.18. The zero-order valence-electron chi connectivity index (χ0n) is 10.6. The number of hydrogen-bond donors (Lipinski definition) is 0. The van der Waals surface area contributed by atoms with Crippen LogP contribution in [0.4, 0.5) is 0 Å². The Morgan fingerprint density at radius 3 is 2.21 bits per heavy atom. The summed E-state index contributed by atoms with van der Waals surface area (Å²) in [5.74, 6) is 1.42. The number of nitrogens with zero attached hydrogens (tertiary/aromatic N) is 1. The van der Waals surface area contributed by atoms with Gasteiger partial charge in [0.15, 0.2) is 0 Å². The van der Waals surface area contributed by atoms with Gasteiger partial charge >= 0.3 is 0 Å². The van der Waals surface area contributed by atoms with Gasteiger partial charge in [0, 0.05) is 19.3 Å². The van der Waals surface area contributed by atoms with E-state index in [2.05, 4.69) is 46.2 Å². The van der Waals surface area contributed by atoms with Gasteiger partial charge in [-0.05, 0) is 24.7 Å². The summed E-state index contributed by atoms with van der Waals surface area (Å²) in [6, 6.07) is 0. The van der Waals surface area contributed by atoms with Crippen molar-refractivity contribution in [1.82, 2.24) is 4.90 Å². The van der Waals surface area contributed by atoms with E-state index < -0.39 is 0 Å². The summed E-state index contributed by atoms with van der Waals surface area (Å²) in [4.78, 5) is 2.32. The van der Waals surface area contributed by atoms with Gasteiger partial charge < -0.3 is 4.90 Å². The lowest BCUT2D eigenvalue weighted by Gasteiger charge is -2.26. The molecule has 0 rings (SSSR count). The highest BCUT2D eigenvalue weighted by atomic mass is 15.1. The molecule has 0 aliphatic rings. The van der Waals surface area contributed by atoms with Crippen LogP contribution in [0.2, 0.25) is 0 Å². The van der Waals surface area contributed by atoms with Crippen LogP contribution in [0.5, 0.6) is 0 Å². The molecule has 14 heavy (non-hydrogen) atoms. The molecule has 0 aromatic heterocycles. The molecule has 0 aromatic rings. The Labute approximate surface area is 90.2 Å². The van der Waals surface area contributed by atoms with E-state index in [1.807, 2.05) is 0 Å². The molecule has 0 saturated heterocycles. The zero-order valence-corrected chi connectivity index (χ0v) is 10.6. The van der Waals surface area contributed by atoms with Crippen molar-refractivity contribution < 1.29 is 0 Å². The predicted octanol–water partition coefficient (Wildman–Crippen LogP) is 3.91. The Kier molecular flexibility index (Phi) is 6.69. The number of allylic oxidation sites excluding steroid dienone is 1. The quantitative estimate of drug-likeness (QED) is 0.598. The summed E-state index contributed by atoms with van der Waals surface area (Å²) in [6.45, 7) is 14.4. The topological polar surface area (TPSA) is 3.24 Å². The molecule has 0 aromatic carbocycles. The van der Waals surface area contributed by atoms with Crippen LogP contribution in [0.1, 0.15) is 47.0 Å². The van der Waals surface area contributed by atoms with Gasteiger partial charge in [0.1, 0.15) is 0 Å². The van der Waals surface area contributed by atoms with Crippen molar-refractivity contribution in [3.63, 3.8) is 0 Å². The maximum Gasteiger partial charge on any atom is 0.0174 e. The molecule has 1 nitrogen and oxygen atoms in total. The SMILES string of the molecule is C=C(C(C)CCC)N(C)CCC(C)C. The van der Waals surface area contributed by atoms with Gasteiger partial charge in [-0.3, -0.25) is 0 Å². The van der Waals surface area contributed by atoms with Gasteiger partial charge in [0.2, 0.25) is 0 Å². The third kappa shape index (κ3) is 5.31. The van der Waals surface area contributed by atoms with Gasteiger partial charge in [-0.15, -0.1) is 0 Å². The Morgan fingerprint density at radius 1 is 1.21 bits per heavy atom. The summed E-state index contributed by atoms with van der Waals surface area (Å²) in [7, 11) is 2.16. The first kappa shape index (κ1) is 13.5. The molecule has 0 heterocycles. The minimum absolute atomic E-state index is 0.636. The highest BCUT2D eigenvalue weighted by Gasteiger charge is 2.10. The van der Waals surface area contributed by atoms with Crippen LogP contribution in [0.15, 0.2) is 12.3 Å². The van der Waals surface area contributed by atoms with Crippen LogP contribution in [0.3, 0.4) is 0 Å². The van der Waals surface area contributed by atoms with E-state index in [4.69, 9.17) is 0 Å². The summed E-state index contributed by atoms with van der Waals surface area (Å²) in [5.41, 5.74) is 1.30. The Morgan fingerprint density at radius 2 is 1.79 bits per heavy atom. The minimum atomic E-state index is 0.636. The largest absolute Gasteiger partial charge is 0.378 e. The monoisotopic (exact) mass is 197 g/mol. The fourth-order valence-electron chi connectivity index (χ4n) is 1.57. The Hall–Kier alpha value is -0.460. The first-order valence-corrected chi connectivity index (χ1v) is 5.88. The Bertz CT molecular complexity index is 161. The molecule has 0 saturated carbocycles. The van der Waals surface area contributed by atoms with E-state index in [0.717, 1.165) is 12.5 Å². The van der Waals surface area contributed by atoms with Crippen LogP contribution in [0, 0.1) is 11.8 Å². The lowest BCUT2D eigenvalue weighted by Crippen LogP contribution is -2.23. The fraction of sp³-hybridized carbons (Fsp3) is 0.846. The summed E-state index contributed by atoms with van der Waals surface area (Å²) in [6.07, 6.45) is 3.76. The van der Waals surface area contributed by atoms with Crippen molar-refractivity contribution in [2.75, 3.05) is 13.6 Å². The molecule has 0 bridgehead atoms. The molecular formula is C13H27N. The second-order valence-electron chi connectivity index (χ2n) is 4.79. The molecule has 0 aliphatic heterocycles. The second-order valence-corrected chi connectivity index (χ2v) is 4.79. The molecule has 0 radical (unpaired) electrons. The first-order valence-electron chi connectivity index (χ1n) is 5.88. The Balaban J connectivity index is 3.86. The van der Waals surface area contributed by atoms with Gasteiger partial charge in [0.25, 0.3) is 0 Å². The van der Waals surface area contributed by atoms with Gasteiger partial charge in [-0.25, -0.2) is 0 Å². The van der Waals surface area contributed by atoms with Crippen molar-refractivity contribution in [1.29, 1.82) is 0 Å². The van der Waals surface area contributed by atoms with Gasteiger partial charge in [0.05, 0.1) is 0 Å². The molecule has 0 spiro atoms. The van der Waals surface area contributed by atoms with Crippen molar-refractivity contribution >= 4 is 0 Å². The molecule has 1 heteroatoms. The van der Waals surface area contributed by atoms with E-state index >= 15 is 0 Å². The maximum absolute atomic E-state index is 4.18. The number of hydrogen-bond acceptors (Lipinski definition) is 1. The summed E-state index contributed by atoms with van der Waals surface area (Å²) in [5, 5.41) is 0. The highest BCUT2D eigenvalue weighted by Crippen LogP contribution is 2.18. The third-order valence-electron chi connectivity index (χ3n) is 2.82. The summed E-state index contributed by atoms with van der Waals surface area (Å²) < 4.78 is 0. The number of rotatable bonds is 7. The molecular weight excluding hydrogens is 170 g/mol. The molecule has 0 aliphatic carbocycles. The molecule has 0 fully saturated rings. The van der Waals surface area contributed by atoms with Gasteiger partial charge in [-0.1, -0.05) is 40.7 Å². The first-order chi connectivity index (χ1) is 6.49. The van der Waals surface area contributed by atoms with Crippen LogP contribution >= 0.6 is 0 Å². The molecule has 0 amide bonds. The molecule has 1 unspecified atom stereocenters. The molecule has 0 N–H and O–H groups in total. The van der Waals surface area contributed by atoms with Crippen LogP contribution in [0.25, 0.3) is 0 Å². The third-order valence-corrected chi connectivity index (χ3v) is 2.82. The van der Waals surface area contributed by atoms with E-state index in [1.54, 1.807) is 0 Å². The van der Waals surface area contributed by atoms with E-state index in [1.165, 1.54) is 25.0 Å². The van der Waals surface area contributed by atoms with Crippen molar-refractivity contribution in [3.8, 4) is 0 Å².